The molecular formula is C98H96Br2N5O2P31S2. The van der Waals surface area contributed by atoms with Gasteiger partial charge in [-0.25, -0.2) is 0 Å². The van der Waals surface area contributed by atoms with E-state index >= 15 is 0 Å². The van der Waals surface area contributed by atoms with Crippen molar-refractivity contribution in [2.24, 2.45) is 0 Å². The molecule has 140 heavy (non-hydrogen) atoms. The summed E-state index contributed by atoms with van der Waals surface area (Å²) in [7, 11) is 53.9. The quantitative estimate of drug-likeness (QED) is 0.0757. The van der Waals surface area contributed by atoms with Crippen molar-refractivity contribution < 1.29 is 9.47 Å². The van der Waals surface area contributed by atoms with Gasteiger partial charge in [-0.15, -0.1) is 143 Å². The van der Waals surface area contributed by atoms with E-state index in [0.29, 0.717) is 0 Å². The maximum absolute atomic E-state index is 6.95. The maximum Gasteiger partial charge on any atom is 0.143 e. The first-order chi connectivity index (χ1) is 67.5. The van der Waals surface area contributed by atoms with Gasteiger partial charge in [0.1, 0.15) is 23.0 Å². The van der Waals surface area contributed by atoms with Crippen LogP contribution in [0.15, 0.2) is 374 Å². The van der Waals surface area contributed by atoms with Crippen LogP contribution in [0.25, 0.3) is 149 Å². The van der Waals surface area contributed by atoms with Gasteiger partial charge in [-0.05, 0) is 284 Å². The van der Waals surface area contributed by atoms with Crippen LogP contribution in [0.4, 0.5) is 0 Å². The molecule has 0 saturated heterocycles. The lowest BCUT2D eigenvalue weighted by Crippen LogP contribution is -2.01. The van der Waals surface area contributed by atoms with Crippen LogP contribution in [0.3, 0.4) is 0 Å². The van der Waals surface area contributed by atoms with Crippen LogP contribution in [0, 0.1) is 0 Å². The average molecular weight is 2560 g/mol. The van der Waals surface area contributed by atoms with Crippen molar-refractivity contribution in [1.29, 1.82) is 0 Å². The number of ether oxygens (including phenoxy) is 2. The Balaban J connectivity index is 0.000000134. The Morgan fingerprint density at radius 3 is 0.800 bits per heavy atom. The zero-order valence-corrected chi connectivity index (χ0v) is 111. The highest BCUT2D eigenvalue weighted by Crippen LogP contribution is 3.39. The van der Waals surface area contributed by atoms with E-state index in [1.54, 1.807) is 23.5 Å². The number of hydrogen-bond acceptors (Lipinski definition) is 4. The molecule has 42 heteroatoms. The number of hydrogen-bond donors (Lipinski definition) is 0. The van der Waals surface area contributed by atoms with Crippen molar-refractivity contribution in [3.8, 4) is 62.6 Å². The zero-order chi connectivity index (χ0) is 96.0. The summed E-state index contributed by atoms with van der Waals surface area (Å²) in [6.07, 6.45) is 1.04. The fourth-order valence-corrected chi connectivity index (χ4v) is 428. The normalized spacial score (nSPS) is 13.5. The molecule has 20 atom stereocenters. The summed E-state index contributed by atoms with van der Waals surface area (Å²) < 4.78 is 26.8. The van der Waals surface area contributed by atoms with Gasteiger partial charge in [0, 0.05) is 103 Å². The smallest absolute Gasteiger partial charge is 0.143 e. The molecule has 16 aromatic carbocycles. The number of halogens is 2. The summed E-state index contributed by atoms with van der Waals surface area (Å²) in [5.41, 5.74) is 23.2. The fourth-order valence-electron chi connectivity index (χ4n) is 18.7. The van der Waals surface area contributed by atoms with E-state index in [1.165, 1.54) is 115 Å². The third-order valence-electron chi connectivity index (χ3n) is 24.2. The molecule has 20 unspecified atom stereocenters. The number of fused-ring (bicyclic) bond motifs is 22. The molecular weight excluding hydrogens is 2460 g/mol. The second-order valence-corrected chi connectivity index (χ2v) is 160. The van der Waals surface area contributed by atoms with Crippen molar-refractivity contribution in [3.05, 3.63) is 366 Å². The molecule has 0 fully saturated rings. The van der Waals surface area contributed by atoms with Gasteiger partial charge in [0.05, 0.1) is 74.7 Å². The SMILES string of the molecule is Brc1ccc2c(c1)Oc1cc(Br)ccc1S2.C.PPP(P)P(P(P)P)P(P(P(P)P)P(P)P)P(P(P(P)P)P(P)P)P(P(P)P)P(P)P.c1ccc2c(c1)Cc1ccc(-n3c4ccccc4c4ccccc43)cc1-2.c1ccc2c(c1)c1ccccc1n2-c1ccc2c(c1)c1ccccc1n2-c1ccc2c(c1)Oc1cc(-n3c4ccccc4c4cc(-n5c6ccccc6c6ccccc65)ccc43)ccc1S2. The minimum Gasteiger partial charge on any atom is -0.455 e. The minimum absolute atomic E-state index is 0. The molecule has 24 rings (SSSR count). The lowest BCUT2D eigenvalue weighted by molar-refractivity contribution is 0.453. The molecule has 0 N–H and O–H groups in total. The van der Waals surface area contributed by atoms with Crippen LogP contribution >= 0.6 is 304 Å². The van der Waals surface area contributed by atoms with Crippen molar-refractivity contribution >= 4 is 413 Å². The predicted octanol–water partition coefficient (Wildman–Crippen LogP) is 46.7. The Bertz CT molecular complexity index is 7810. The van der Waals surface area contributed by atoms with E-state index in [2.05, 4.69) is 519 Å². The number of benzene rings is 16. The second-order valence-electron chi connectivity index (χ2n) is 32.5. The van der Waals surface area contributed by atoms with E-state index in [1.807, 2.05) is 24.3 Å². The maximum atomic E-state index is 6.95. The average Bonchev–Trinajstić information content (AvgIpc) is 1.57. The number of para-hydroxylation sites is 8. The van der Waals surface area contributed by atoms with Crippen LogP contribution in [0.5, 0.6) is 23.0 Å². The van der Waals surface area contributed by atoms with E-state index in [9.17, 15) is 0 Å². The van der Waals surface area contributed by atoms with Crippen LogP contribution < -0.4 is 9.47 Å². The molecule has 0 spiro atoms. The summed E-state index contributed by atoms with van der Waals surface area (Å²) in [5, 5.41) is 12.5. The molecule has 706 valence electrons. The van der Waals surface area contributed by atoms with E-state index in [4.69, 9.17) is 9.47 Å². The first-order valence-corrected chi connectivity index (χ1v) is 102. The third-order valence-corrected chi connectivity index (χ3v) is 233. The number of aromatic nitrogens is 5. The summed E-state index contributed by atoms with van der Waals surface area (Å²) >= 11 is 10.4. The Hall–Kier alpha value is 1.11. The van der Waals surface area contributed by atoms with Gasteiger partial charge in [-0.3, -0.25) is 0 Å². The predicted molar refractivity (Wildman–Crippen MR) is 723 cm³/mol. The Labute approximate surface area is 897 Å². The summed E-state index contributed by atoms with van der Waals surface area (Å²) in [6, 6.07) is 125. The zero-order valence-electron chi connectivity index (χ0n) is 73.7. The molecule has 3 aliphatic rings. The van der Waals surface area contributed by atoms with E-state index in [0.717, 1.165) is 111 Å². The highest BCUT2D eigenvalue weighted by Gasteiger charge is 2.51. The lowest BCUT2D eigenvalue weighted by Gasteiger charge is -2.52. The minimum atomic E-state index is -0.0589. The molecule has 0 bridgehead atoms. The first-order valence-electron chi connectivity index (χ1n) is 43.2. The van der Waals surface area contributed by atoms with Gasteiger partial charge in [0.15, 0.2) is 0 Å². The molecule has 7 nitrogen and oxygen atoms in total. The van der Waals surface area contributed by atoms with Crippen LogP contribution in [0.1, 0.15) is 18.6 Å². The van der Waals surface area contributed by atoms with Gasteiger partial charge in [0.2, 0.25) is 0 Å². The van der Waals surface area contributed by atoms with Gasteiger partial charge >= 0.3 is 0 Å². The highest BCUT2D eigenvalue weighted by molar-refractivity contribution is 9.44. The largest absolute Gasteiger partial charge is 0.455 e. The number of rotatable bonds is 19. The summed E-state index contributed by atoms with van der Waals surface area (Å²) in [5.74, 6) is 3.52. The molecule has 0 radical (unpaired) electrons. The van der Waals surface area contributed by atoms with Gasteiger partial charge in [-0.2, -0.15) is 0 Å². The highest BCUT2D eigenvalue weighted by atomic mass is 79.9. The first kappa shape index (κ1) is 108. The Morgan fingerprint density at radius 2 is 0.479 bits per heavy atom. The Kier molecular flexibility index (Phi) is 36.9. The second kappa shape index (κ2) is 47.8. The van der Waals surface area contributed by atoms with Crippen molar-refractivity contribution in [2.45, 2.75) is 33.4 Å². The molecule has 0 saturated carbocycles. The standard InChI is InChI=1S/C60H36N4OS.C25H17N.C12H6Br2OS.CH4.H33P31/c1-7-19-49-41(13-1)42-14-2-8-20-50(42)61(49)37-25-29-55-47(33-37)45-17-5-11-23-53(45)63(55)39-27-31-59-57(35-39)65-58-36-40(28-32-60(58)66-59)64-54-24-12-6-18-46(54)48-34-38(26-30-56(48)64)62-51-21-9-3-15-43(51)44-16-4-10-22-52(44)62;1-2-8-20-17(7-1)15-18-13-14-19(16-23(18)20)26-24-11-5-3-9-21(24)22-10-4-6-12-25(22)26;13-7-1-3-11-9(5-7)15-10-6-8(14)2-4-12(10)16-11;;1-17-25(16)29(24(14)15)31(28(22(10)11)23(12)13)30(26(18(2)3)19(4)5)27(20(6)7)21(8)9/h1-36H;1-14,16H,15H2;1-6H;1H4;17H,1-16H2. The molecule has 2 aliphatic heterocycles. The van der Waals surface area contributed by atoms with Crippen molar-refractivity contribution in [1.82, 2.24) is 22.8 Å². The third kappa shape index (κ3) is 21.8. The van der Waals surface area contributed by atoms with Crippen LogP contribution in [-0.4, -0.2) is 22.8 Å². The fraction of sp³-hybridized carbons (Fsp3) is 0.0204. The van der Waals surface area contributed by atoms with E-state index in [-0.39, 0.29) is 105 Å². The van der Waals surface area contributed by atoms with Crippen molar-refractivity contribution in [3.63, 3.8) is 0 Å². The molecule has 21 aromatic rings. The van der Waals surface area contributed by atoms with Gasteiger partial charge < -0.3 is 32.3 Å². The number of nitrogens with zero attached hydrogens (tertiary/aromatic N) is 5. The van der Waals surface area contributed by atoms with E-state index < -0.39 is 0 Å². The van der Waals surface area contributed by atoms with Crippen molar-refractivity contribution in [2.75, 3.05) is 0 Å². The topological polar surface area (TPSA) is 43.1 Å². The van der Waals surface area contributed by atoms with Crippen LogP contribution in [-0.2, 0) is 6.42 Å². The monoisotopic (exact) mass is 2560 g/mol. The summed E-state index contributed by atoms with van der Waals surface area (Å²) in [6.45, 7) is -0.107. The molecule has 0 amide bonds. The summed E-state index contributed by atoms with van der Waals surface area (Å²) in [4.78, 5) is 4.50. The van der Waals surface area contributed by atoms with Gasteiger partial charge in [0.25, 0.3) is 0 Å². The molecule has 1 aliphatic carbocycles. The molecule has 7 heterocycles. The van der Waals surface area contributed by atoms with Crippen LogP contribution in [0.2, 0.25) is 0 Å². The van der Waals surface area contributed by atoms with Gasteiger partial charge in [-0.1, -0.05) is 247 Å². The molecule has 5 aromatic heterocycles. The lowest BCUT2D eigenvalue weighted by atomic mass is 10.1. The Morgan fingerprint density at radius 1 is 0.236 bits per heavy atom.